The van der Waals surface area contributed by atoms with Crippen molar-refractivity contribution >= 4 is 17.8 Å². The molecule has 0 saturated carbocycles. The lowest BCUT2D eigenvalue weighted by Gasteiger charge is -2.15. The number of esters is 2. The van der Waals surface area contributed by atoms with Gasteiger partial charge in [0.15, 0.2) is 0 Å². The zero-order valence-corrected chi connectivity index (χ0v) is 11.7. The summed E-state index contributed by atoms with van der Waals surface area (Å²) in [6.45, 7) is 2.64. The molecule has 19 heavy (non-hydrogen) atoms. The summed E-state index contributed by atoms with van der Waals surface area (Å²) < 4.78 is 9.24. The van der Waals surface area contributed by atoms with Gasteiger partial charge in [-0.25, -0.2) is 0 Å². The molecule has 0 aromatic carbocycles. The Kier molecular flexibility index (Phi) is 9.42. The van der Waals surface area contributed by atoms with Crippen LogP contribution in [0.15, 0.2) is 0 Å². The van der Waals surface area contributed by atoms with E-state index < -0.39 is 0 Å². The van der Waals surface area contributed by atoms with Gasteiger partial charge in [-0.1, -0.05) is 0 Å². The Morgan fingerprint density at radius 2 is 1.84 bits per heavy atom. The maximum atomic E-state index is 11.5. The number of likely N-dealkylation sites (N-methyl/N-ethyl adjacent to an activating group) is 1. The fraction of sp³-hybridized carbons (Fsp3) is 0.750. The topological polar surface area (TPSA) is 84.9 Å². The molecule has 0 aromatic rings. The van der Waals surface area contributed by atoms with E-state index >= 15 is 0 Å². The normalized spacial score (nSPS) is 10.1. The monoisotopic (exact) mass is 274 g/mol. The largest absolute Gasteiger partial charge is 0.469 e. The molecule has 110 valence electrons. The number of hydrogen-bond acceptors (Lipinski definition) is 6. The van der Waals surface area contributed by atoms with Crippen molar-refractivity contribution in [2.24, 2.45) is 0 Å². The number of rotatable bonds is 9. The first-order valence-corrected chi connectivity index (χ1v) is 6.17. The minimum Gasteiger partial charge on any atom is -0.469 e. The van der Waals surface area contributed by atoms with Gasteiger partial charge in [-0.05, 0) is 20.4 Å². The maximum absolute atomic E-state index is 11.5. The lowest BCUT2D eigenvalue weighted by atomic mass is 10.3. The van der Waals surface area contributed by atoms with Crippen LogP contribution >= 0.6 is 0 Å². The molecule has 0 aliphatic heterocycles. The van der Waals surface area contributed by atoms with Gasteiger partial charge in [0.2, 0.25) is 5.91 Å². The van der Waals surface area contributed by atoms with Crippen LogP contribution in [-0.2, 0) is 23.9 Å². The van der Waals surface area contributed by atoms with Crippen molar-refractivity contribution < 1.29 is 23.9 Å². The van der Waals surface area contributed by atoms with E-state index in [0.717, 1.165) is 0 Å². The first-order chi connectivity index (χ1) is 8.99. The Hall–Kier alpha value is -1.63. The summed E-state index contributed by atoms with van der Waals surface area (Å²) in [5.74, 6) is -0.853. The summed E-state index contributed by atoms with van der Waals surface area (Å²) in [6.07, 6.45) is 0.801. The van der Waals surface area contributed by atoms with E-state index in [1.54, 1.807) is 18.9 Å². The Bertz CT molecular complexity index is 306. The van der Waals surface area contributed by atoms with Crippen LogP contribution in [-0.4, -0.2) is 63.1 Å². The summed E-state index contributed by atoms with van der Waals surface area (Å²) in [7, 11) is 2.98. The number of nitrogens with one attached hydrogen (secondary N) is 1. The smallest absolute Gasteiger partial charge is 0.320 e. The molecule has 0 fully saturated rings. The number of nitrogens with zero attached hydrogens (tertiary/aromatic N) is 1. The fourth-order valence-corrected chi connectivity index (χ4v) is 1.35. The second-order valence-electron chi connectivity index (χ2n) is 4.01. The van der Waals surface area contributed by atoms with Crippen LogP contribution in [0.4, 0.5) is 0 Å². The van der Waals surface area contributed by atoms with Crippen molar-refractivity contribution in [2.75, 3.05) is 40.4 Å². The summed E-state index contributed by atoms with van der Waals surface area (Å²) >= 11 is 0. The van der Waals surface area contributed by atoms with Crippen molar-refractivity contribution in [1.82, 2.24) is 10.2 Å². The molecule has 0 heterocycles. The molecule has 0 radical (unpaired) electrons. The fourth-order valence-electron chi connectivity index (χ4n) is 1.35. The number of methoxy groups -OCH3 is 1. The van der Waals surface area contributed by atoms with E-state index in [2.05, 4.69) is 10.1 Å². The zero-order chi connectivity index (χ0) is 14.7. The van der Waals surface area contributed by atoms with Crippen molar-refractivity contribution in [3.8, 4) is 0 Å². The van der Waals surface area contributed by atoms with Crippen LogP contribution in [0.1, 0.15) is 19.8 Å². The highest BCUT2D eigenvalue weighted by molar-refractivity contribution is 5.79. The summed E-state index contributed by atoms with van der Waals surface area (Å²) in [6, 6.07) is 0. The van der Waals surface area contributed by atoms with Gasteiger partial charge in [-0.2, -0.15) is 0 Å². The minimum atomic E-state index is -0.358. The van der Waals surface area contributed by atoms with Crippen LogP contribution in [0.5, 0.6) is 0 Å². The molecule has 0 spiro atoms. The van der Waals surface area contributed by atoms with Crippen molar-refractivity contribution in [1.29, 1.82) is 0 Å². The average Bonchev–Trinajstić information content (AvgIpc) is 2.34. The Morgan fingerprint density at radius 1 is 1.16 bits per heavy atom. The van der Waals surface area contributed by atoms with Crippen LogP contribution in [0.25, 0.3) is 0 Å². The summed E-state index contributed by atoms with van der Waals surface area (Å²) in [5, 5.41) is 2.66. The van der Waals surface area contributed by atoms with Crippen molar-refractivity contribution in [2.45, 2.75) is 19.8 Å². The Labute approximate surface area is 113 Å². The van der Waals surface area contributed by atoms with E-state index in [1.165, 1.54) is 7.11 Å². The lowest BCUT2D eigenvalue weighted by molar-refractivity contribution is -0.144. The standard InChI is InChI=1S/C12H22N2O5/c1-4-19-12(17)9-14(2)8-10(15)13-7-5-6-11(16)18-3/h4-9H2,1-3H3,(H,13,15). The molecule has 0 aliphatic carbocycles. The van der Waals surface area contributed by atoms with E-state index in [-0.39, 0.29) is 37.4 Å². The van der Waals surface area contributed by atoms with E-state index in [1.807, 2.05) is 0 Å². The number of carbonyl (C=O) groups excluding carboxylic acids is 3. The quantitative estimate of drug-likeness (QED) is 0.453. The molecule has 0 atom stereocenters. The molecule has 0 bridgehead atoms. The summed E-state index contributed by atoms with van der Waals surface area (Å²) in [5.41, 5.74) is 0. The molecule has 7 heteroatoms. The van der Waals surface area contributed by atoms with Crippen LogP contribution < -0.4 is 5.32 Å². The highest BCUT2D eigenvalue weighted by atomic mass is 16.5. The third kappa shape index (κ3) is 10.0. The van der Waals surface area contributed by atoms with Gasteiger partial charge in [-0.15, -0.1) is 0 Å². The Morgan fingerprint density at radius 3 is 2.42 bits per heavy atom. The molecular weight excluding hydrogens is 252 g/mol. The average molecular weight is 274 g/mol. The molecule has 1 amide bonds. The van der Waals surface area contributed by atoms with Gasteiger partial charge in [0.25, 0.3) is 0 Å². The van der Waals surface area contributed by atoms with E-state index in [0.29, 0.717) is 19.6 Å². The predicted molar refractivity (Wildman–Crippen MR) is 68.4 cm³/mol. The molecule has 0 unspecified atom stereocenters. The van der Waals surface area contributed by atoms with Gasteiger partial charge < -0.3 is 14.8 Å². The first-order valence-electron chi connectivity index (χ1n) is 6.17. The molecule has 0 aliphatic rings. The second-order valence-corrected chi connectivity index (χ2v) is 4.01. The SMILES string of the molecule is CCOC(=O)CN(C)CC(=O)NCCCC(=O)OC. The first kappa shape index (κ1) is 17.4. The predicted octanol–water partition coefficient (Wildman–Crippen LogP) is -0.449. The number of ether oxygens (including phenoxy) is 2. The second kappa shape index (κ2) is 10.3. The zero-order valence-electron chi connectivity index (χ0n) is 11.7. The van der Waals surface area contributed by atoms with Crippen LogP contribution in [0.3, 0.4) is 0 Å². The highest BCUT2D eigenvalue weighted by Crippen LogP contribution is 1.90. The van der Waals surface area contributed by atoms with E-state index in [4.69, 9.17) is 4.74 Å². The third-order valence-corrected chi connectivity index (χ3v) is 2.23. The van der Waals surface area contributed by atoms with Gasteiger partial charge in [0, 0.05) is 13.0 Å². The lowest BCUT2D eigenvalue weighted by Crippen LogP contribution is -2.38. The molecule has 1 N–H and O–H groups in total. The van der Waals surface area contributed by atoms with Gasteiger partial charge >= 0.3 is 11.9 Å². The number of carbonyl (C=O) groups is 3. The van der Waals surface area contributed by atoms with Crippen LogP contribution in [0.2, 0.25) is 0 Å². The summed E-state index contributed by atoms with van der Waals surface area (Å²) in [4.78, 5) is 35.0. The molecule has 0 saturated heterocycles. The van der Waals surface area contributed by atoms with Crippen LogP contribution in [0, 0.1) is 0 Å². The maximum Gasteiger partial charge on any atom is 0.320 e. The molecule has 0 rings (SSSR count). The molecular formula is C12H22N2O5. The Balaban J connectivity index is 3.67. The minimum absolute atomic E-state index is 0.0728. The number of hydrogen-bond donors (Lipinski definition) is 1. The van der Waals surface area contributed by atoms with Gasteiger partial charge in [0.05, 0.1) is 26.8 Å². The third-order valence-electron chi connectivity index (χ3n) is 2.23. The van der Waals surface area contributed by atoms with E-state index in [9.17, 15) is 14.4 Å². The van der Waals surface area contributed by atoms with Crippen molar-refractivity contribution in [3.05, 3.63) is 0 Å². The highest BCUT2D eigenvalue weighted by Gasteiger charge is 2.11. The van der Waals surface area contributed by atoms with Gasteiger partial charge in [0.1, 0.15) is 0 Å². The van der Waals surface area contributed by atoms with Gasteiger partial charge in [-0.3, -0.25) is 19.3 Å². The number of amides is 1. The van der Waals surface area contributed by atoms with Crippen molar-refractivity contribution in [3.63, 3.8) is 0 Å². The molecule has 7 nitrogen and oxygen atoms in total. The molecule has 0 aromatic heterocycles.